The van der Waals surface area contributed by atoms with Crippen LogP contribution in [0.4, 0.5) is 5.95 Å². The van der Waals surface area contributed by atoms with Gasteiger partial charge in [-0.3, -0.25) is 4.57 Å². The highest BCUT2D eigenvalue weighted by Crippen LogP contribution is 2.40. The Bertz CT molecular complexity index is 1700. The van der Waals surface area contributed by atoms with Crippen LogP contribution in [0.3, 0.4) is 0 Å². The monoisotopic (exact) mass is 655 g/mol. The number of hydrogen-bond acceptors (Lipinski definition) is 10. The maximum absolute atomic E-state index is 14.7. The summed E-state index contributed by atoms with van der Waals surface area (Å²) in [6.07, 6.45) is -1.41. The Hall–Kier alpha value is -4.14. The lowest BCUT2D eigenvalue weighted by atomic mass is 10.1. The van der Waals surface area contributed by atoms with Crippen LogP contribution in [-0.2, 0) is 10.0 Å². The van der Waals surface area contributed by atoms with Gasteiger partial charge in [0.15, 0.2) is 5.82 Å². The molecule has 0 spiro atoms. The summed E-state index contributed by atoms with van der Waals surface area (Å²) < 4.78 is 54.4. The molecule has 4 rings (SSSR count). The van der Waals surface area contributed by atoms with Crippen LogP contribution >= 0.6 is 0 Å². The normalized spacial score (nSPS) is 13.2. The quantitative estimate of drug-likeness (QED) is 0.186. The van der Waals surface area contributed by atoms with Crippen molar-refractivity contribution in [2.24, 2.45) is 0 Å². The van der Waals surface area contributed by atoms with Gasteiger partial charge in [-0.25, -0.2) is 17.7 Å². The number of hydrogen-bond donors (Lipinski definition) is 1. The van der Waals surface area contributed by atoms with Crippen molar-refractivity contribution in [3.63, 3.8) is 0 Å². The molecule has 0 aliphatic rings. The van der Waals surface area contributed by atoms with Gasteiger partial charge < -0.3 is 24.1 Å². The number of methoxy groups -OCH3 is 4. The second-order valence-corrected chi connectivity index (χ2v) is 19.4. The first kappa shape index (κ1) is 33.7. The van der Waals surface area contributed by atoms with Crippen LogP contribution in [0.15, 0.2) is 60.7 Å². The summed E-state index contributed by atoms with van der Waals surface area (Å²) in [5.41, 5.74) is 1.12. The molecule has 242 valence electrons. The van der Waals surface area contributed by atoms with Crippen molar-refractivity contribution in [3.05, 3.63) is 66.2 Å². The molecule has 2 atom stereocenters. The van der Waals surface area contributed by atoms with Crippen LogP contribution in [0, 0.1) is 0 Å². The second-order valence-electron chi connectivity index (χ2n) is 11.6. The first-order valence-electron chi connectivity index (χ1n) is 14.4. The average Bonchev–Trinajstić information content (AvgIpc) is 3.46. The largest absolute Gasteiger partial charge is 0.496 e. The van der Waals surface area contributed by atoms with Crippen LogP contribution in [0.5, 0.6) is 23.1 Å². The van der Waals surface area contributed by atoms with Gasteiger partial charge in [0, 0.05) is 26.2 Å². The minimum Gasteiger partial charge on any atom is -0.496 e. The molecule has 0 saturated carbocycles. The number of aromatic nitrogens is 4. The lowest BCUT2D eigenvalue weighted by molar-refractivity contribution is 0.171. The van der Waals surface area contributed by atoms with Crippen molar-refractivity contribution < 1.29 is 32.5 Å². The summed E-state index contributed by atoms with van der Waals surface area (Å²) in [5.74, 6) is 1.74. The van der Waals surface area contributed by atoms with Gasteiger partial charge in [0.25, 0.3) is 0 Å². The maximum Gasteiger partial charge on any atom is 0.246 e. The number of pyridine rings is 1. The predicted octanol–water partition coefficient (Wildman–Crippen LogP) is 4.96. The van der Waals surface area contributed by atoms with Gasteiger partial charge >= 0.3 is 0 Å². The van der Waals surface area contributed by atoms with E-state index >= 15 is 0 Å². The predicted molar refractivity (Wildman–Crippen MR) is 176 cm³/mol. The number of sulfonamides is 1. The zero-order chi connectivity index (χ0) is 32.9. The molecular formula is C31H41N5O7SSi. The molecule has 0 fully saturated rings. The van der Waals surface area contributed by atoms with E-state index in [1.54, 1.807) is 65.2 Å². The molecule has 45 heavy (non-hydrogen) atoms. The third-order valence-corrected chi connectivity index (χ3v) is 11.3. The molecule has 0 saturated heterocycles. The fourth-order valence-corrected chi connectivity index (χ4v) is 7.44. The van der Waals surface area contributed by atoms with Gasteiger partial charge in [0.05, 0.1) is 28.4 Å². The topological polar surface area (TPSA) is 138 Å². The van der Waals surface area contributed by atoms with Gasteiger partial charge in [-0.05, 0) is 37.2 Å². The van der Waals surface area contributed by atoms with Crippen LogP contribution in [0.1, 0.15) is 18.6 Å². The Kier molecular flexibility index (Phi) is 10.4. The number of anilines is 1. The molecule has 0 unspecified atom stereocenters. The standard InChI is InChI=1S/C31H41N5O7SSi/c1-21(29(37)22-13-9-10-15-24(22)40-2)44(38,39)35(19-20-45(6,7)8)31-34-33-30(23-14-11-18-27(32-23)43-5)36(31)28-25(41-3)16-12-17-26(28)42-4/h9-18,21,29,37H,19-20H2,1-8H3/t21-,29-/m1/s1. The van der Waals surface area contributed by atoms with E-state index < -0.39 is 29.5 Å². The smallest absolute Gasteiger partial charge is 0.246 e. The van der Waals surface area contributed by atoms with Crippen LogP contribution in [-0.4, -0.2) is 81.6 Å². The Morgan fingerprint density at radius 1 is 0.844 bits per heavy atom. The number of aliphatic hydroxyl groups is 1. The van der Waals surface area contributed by atoms with E-state index in [2.05, 4.69) is 34.8 Å². The van der Waals surface area contributed by atoms with Crippen molar-refractivity contribution in [2.75, 3.05) is 39.3 Å². The molecule has 2 heterocycles. The molecule has 0 aliphatic carbocycles. The Labute approximate surface area is 265 Å². The van der Waals surface area contributed by atoms with Gasteiger partial charge in [-0.15, -0.1) is 10.2 Å². The highest BCUT2D eigenvalue weighted by atomic mass is 32.2. The number of rotatable bonds is 14. The molecule has 12 nitrogen and oxygen atoms in total. The zero-order valence-corrected chi connectivity index (χ0v) is 28.7. The van der Waals surface area contributed by atoms with Gasteiger partial charge in [0.2, 0.25) is 21.9 Å². The number of nitrogens with zero attached hydrogens (tertiary/aromatic N) is 5. The number of aliphatic hydroxyl groups excluding tert-OH is 1. The van der Waals surface area contributed by atoms with E-state index in [0.29, 0.717) is 46.1 Å². The Morgan fingerprint density at radius 2 is 1.44 bits per heavy atom. The highest BCUT2D eigenvalue weighted by molar-refractivity contribution is 7.93. The first-order chi connectivity index (χ1) is 21.4. The third kappa shape index (κ3) is 7.07. The minimum absolute atomic E-state index is 0.00486. The molecule has 2 aromatic heterocycles. The van der Waals surface area contributed by atoms with Crippen molar-refractivity contribution in [1.82, 2.24) is 19.7 Å². The number of para-hydroxylation sites is 2. The summed E-state index contributed by atoms with van der Waals surface area (Å²) in [5, 5.41) is 19.1. The van der Waals surface area contributed by atoms with Gasteiger partial charge in [-0.2, -0.15) is 0 Å². The molecule has 14 heteroatoms. The minimum atomic E-state index is -4.30. The molecule has 2 aromatic carbocycles. The van der Waals surface area contributed by atoms with Crippen molar-refractivity contribution in [1.29, 1.82) is 0 Å². The van der Waals surface area contributed by atoms with Crippen molar-refractivity contribution in [2.45, 2.75) is 44.0 Å². The lowest BCUT2D eigenvalue weighted by Crippen LogP contribution is -2.44. The molecule has 0 bridgehead atoms. The second kappa shape index (κ2) is 13.9. The Balaban J connectivity index is 2.00. The van der Waals surface area contributed by atoms with Crippen molar-refractivity contribution in [3.8, 4) is 40.3 Å². The zero-order valence-electron chi connectivity index (χ0n) is 26.9. The fraction of sp³-hybridized carbons (Fsp3) is 0.387. The first-order valence-corrected chi connectivity index (χ1v) is 19.6. The van der Waals surface area contributed by atoms with E-state index in [4.69, 9.17) is 18.9 Å². The lowest BCUT2D eigenvalue weighted by Gasteiger charge is -2.31. The Morgan fingerprint density at radius 3 is 2.04 bits per heavy atom. The van der Waals surface area contributed by atoms with E-state index in [-0.39, 0.29) is 18.3 Å². The third-order valence-electron chi connectivity index (χ3n) is 7.40. The van der Waals surface area contributed by atoms with E-state index in [9.17, 15) is 13.5 Å². The van der Waals surface area contributed by atoms with Crippen molar-refractivity contribution >= 4 is 24.0 Å². The molecule has 4 aromatic rings. The average molecular weight is 656 g/mol. The molecular weight excluding hydrogens is 615 g/mol. The summed E-state index contributed by atoms with van der Waals surface area (Å²) in [7, 11) is -0.0975. The molecule has 0 aliphatic heterocycles. The van der Waals surface area contributed by atoms with Crippen LogP contribution in [0.25, 0.3) is 17.2 Å². The fourth-order valence-electron chi connectivity index (χ4n) is 4.82. The number of benzene rings is 2. The molecule has 0 radical (unpaired) electrons. The summed E-state index contributed by atoms with van der Waals surface area (Å²) >= 11 is 0. The van der Waals surface area contributed by atoms with E-state index in [1.165, 1.54) is 39.7 Å². The number of ether oxygens (including phenoxy) is 4. The van der Waals surface area contributed by atoms with E-state index in [1.807, 2.05) is 0 Å². The summed E-state index contributed by atoms with van der Waals surface area (Å²) in [4.78, 5) is 4.56. The molecule has 0 amide bonds. The highest BCUT2D eigenvalue weighted by Gasteiger charge is 2.40. The summed E-state index contributed by atoms with van der Waals surface area (Å²) in [6.45, 7) is 8.05. The van der Waals surface area contributed by atoms with Crippen LogP contribution < -0.4 is 23.3 Å². The van der Waals surface area contributed by atoms with E-state index in [0.717, 1.165) is 0 Å². The SMILES string of the molecule is COc1cccc(-c2nnc(N(CC[Si](C)(C)C)S(=O)(=O)[C@H](C)[C@@H](O)c3ccccc3OC)n2-c2c(OC)cccc2OC)n1. The van der Waals surface area contributed by atoms with Gasteiger partial charge in [0.1, 0.15) is 40.0 Å². The maximum atomic E-state index is 14.7. The van der Waals surface area contributed by atoms with Crippen LogP contribution in [0.2, 0.25) is 25.7 Å². The summed E-state index contributed by atoms with van der Waals surface area (Å²) in [6, 6.07) is 17.8. The molecule has 1 N–H and O–H groups in total. The van der Waals surface area contributed by atoms with Gasteiger partial charge in [-0.1, -0.05) is 50.0 Å².